The van der Waals surface area contributed by atoms with E-state index in [1.165, 1.54) is 12.1 Å². The summed E-state index contributed by atoms with van der Waals surface area (Å²) < 4.78 is 24.9. The van der Waals surface area contributed by atoms with Crippen LogP contribution in [0.15, 0.2) is 36.4 Å². The Labute approximate surface area is 196 Å². The Morgan fingerprint density at radius 3 is 2.38 bits per heavy atom. The second-order valence-electron chi connectivity index (χ2n) is 8.59. The lowest BCUT2D eigenvalue weighted by Crippen LogP contribution is -2.45. The highest BCUT2D eigenvalue weighted by atomic mass is 35.5. The molecule has 1 heterocycles. The molecule has 1 aliphatic heterocycles. The van der Waals surface area contributed by atoms with Crippen LogP contribution in [0.25, 0.3) is 0 Å². The fourth-order valence-corrected chi connectivity index (χ4v) is 4.17. The largest absolute Gasteiger partial charge is 0.444 e. The highest BCUT2D eigenvalue weighted by Crippen LogP contribution is 2.40. The van der Waals surface area contributed by atoms with Crippen LogP contribution in [0.2, 0.25) is 10.0 Å². The molecular formula is C23H25Cl2FN2O4. The number of hydrogen-bond donors (Lipinski definition) is 2. The second-order valence-corrected chi connectivity index (χ2v) is 9.44. The summed E-state index contributed by atoms with van der Waals surface area (Å²) in [6, 6.07) is 8.96. The minimum Gasteiger partial charge on any atom is -0.444 e. The summed E-state index contributed by atoms with van der Waals surface area (Å²) in [5.41, 5.74) is -0.813. The average Bonchev–Trinajstić information content (AvgIpc) is 2.69. The fourth-order valence-electron chi connectivity index (χ4n) is 3.58. The quantitative estimate of drug-likeness (QED) is 0.546. The summed E-state index contributed by atoms with van der Waals surface area (Å²) in [7, 11) is 0. The Bertz CT molecular complexity index is 1020. The molecule has 0 bridgehead atoms. The zero-order valence-corrected chi connectivity index (χ0v) is 19.6. The zero-order chi connectivity index (χ0) is 23.5. The third-order valence-corrected chi connectivity index (χ3v) is 5.64. The molecule has 2 aromatic carbocycles. The van der Waals surface area contributed by atoms with Crippen molar-refractivity contribution in [2.24, 2.45) is 0 Å². The van der Waals surface area contributed by atoms with Gasteiger partial charge in [0.2, 0.25) is 5.91 Å². The third-order valence-electron chi connectivity index (χ3n) is 5.09. The Morgan fingerprint density at radius 1 is 1.06 bits per heavy atom. The lowest BCUT2D eigenvalue weighted by atomic mass is 9.73. The zero-order valence-electron chi connectivity index (χ0n) is 18.1. The Hall–Kier alpha value is -2.35. The maximum atomic E-state index is 14.3. The Morgan fingerprint density at radius 2 is 1.75 bits per heavy atom. The van der Waals surface area contributed by atoms with Crippen molar-refractivity contribution in [3.8, 4) is 0 Å². The van der Waals surface area contributed by atoms with Gasteiger partial charge in [0, 0.05) is 28.9 Å². The molecular weight excluding hydrogens is 458 g/mol. The molecule has 0 radical (unpaired) electrons. The molecule has 1 fully saturated rings. The number of amides is 2. The van der Waals surface area contributed by atoms with Crippen LogP contribution < -0.4 is 10.6 Å². The third kappa shape index (κ3) is 5.71. The van der Waals surface area contributed by atoms with Crippen LogP contribution in [-0.4, -0.2) is 30.8 Å². The molecule has 0 saturated carbocycles. The highest BCUT2D eigenvalue weighted by molar-refractivity contribution is 6.35. The first-order valence-corrected chi connectivity index (χ1v) is 10.9. The van der Waals surface area contributed by atoms with Crippen LogP contribution in [0.1, 0.15) is 39.2 Å². The number of rotatable bonds is 4. The van der Waals surface area contributed by atoms with E-state index in [0.717, 1.165) is 6.07 Å². The van der Waals surface area contributed by atoms with Gasteiger partial charge in [0.25, 0.3) is 0 Å². The van der Waals surface area contributed by atoms with Crippen molar-refractivity contribution < 1.29 is 23.5 Å². The molecule has 0 atom stereocenters. The van der Waals surface area contributed by atoms with Crippen molar-refractivity contribution in [3.63, 3.8) is 0 Å². The molecule has 0 spiro atoms. The first-order valence-electron chi connectivity index (χ1n) is 10.1. The molecule has 0 unspecified atom stereocenters. The lowest BCUT2D eigenvalue weighted by molar-refractivity contribution is -0.125. The van der Waals surface area contributed by atoms with Gasteiger partial charge in [0.05, 0.1) is 11.1 Å². The van der Waals surface area contributed by atoms with Crippen LogP contribution in [0.5, 0.6) is 0 Å². The van der Waals surface area contributed by atoms with E-state index < -0.39 is 22.9 Å². The first kappa shape index (κ1) is 24.3. The summed E-state index contributed by atoms with van der Waals surface area (Å²) in [6.45, 7) is 5.89. The summed E-state index contributed by atoms with van der Waals surface area (Å²) >= 11 is 12.5. The van der Waals surface area contributed by atoms with E-state index in [2.05, 4.69) is 10.6 Å². The Balaban J connectivity index is 1.86. The predicted octanol–water partition coefficient (Wildman–Crippen LogP) is 6.17. The number of anilines is 2. The number of hydrogen-bond acceptors (Lipinski definition) is 4. The number of ether oxygens (including phenoxy) is 2. The molecule has 6 nitrogen and oxygen atoms in total. The van der Waals surface area contributed by atoms with Crippen molar-refractivity contribution in [1.29, 1.82) is 0 Å². The van der Waals surface area contributed by atoms with E-state index in [4.69, 9.17) is 32.7 Å². The molecule has 0 aromatic heterocycles. The normalized spacial score (nSPS) is 15.7. The minimum atomic E-state index is -0.937. The number of nitrogens with one attached hydrogen (secondary N) is 2. The molecule has 1 aliphatic rings. The average molecular weight is 483 g/mol. The Kier molecular flexibility index (Phi) is 7.32. The monoisotopic (exact) mass is 482 g/mol. The van der Waals surface area contributed by atoms with E-state index in [1.807, 2.05) is 0 Å². The van der Waals surface area contributed by atoms with Crippen LogP contribution in [0.3, 0.4) is 0 Å². The van der Waals surface area contributed by atoms with E-state index in [1.54, 1.807) is 39.0 Å². The molecule has 2 N–H and O–H groups in total. The van der Waals surface area contributed by atoms with E-state index in [9.17, 15) is 14.0 Å². The lowest BCUT2D eigenvalue weighted by Gasteiger charge is -2.37. The standard InChI is InChI=1S/C23H25Cl2FN2O4/c1-22(2,3)32-21(30)28-19-13-15(5-7-18(19)26)27-20(29)23(8-10-31-11-9-23)16-6-4-14(24)12-17(16)25/h4-7,12-13H,8-11H2,1-3H3,(H,27,29)(H,28,30). The molecule has 2 aromatic rings. The van der Waals surface area contributed by atoms with Gasteiger partial charge in [-0.15, -0.1) is 0 Å². The maximum absolute atomic E-state index is 14.3. The molecule has 2 amide bonds. The van der Waals surface area contributed by atoms with Gasteiger partial charge in [0.1, 0.15) is 11.4 Å². The molecule has 1 saturated heterocycles. The van der Waals surface area contributed by atoms with Crippen LogP contribution >= 0.6 is 23.2 Å². The fraction of sp³-hybridized carbons (Fsp3) is 0.391. The summed E-state index contributed by atoms with van der Waals surface area (Å²) in [5, 5.41) is 6.07. The maximum Gasteiger partial charge on any atom is 0.412 e. The van der Waals surface area contributed by atoms with Crippen LogP contribution in [0, 0.1) is 5.82 Å². The summed E-state index contributed by atoms with van der Waals surface area (Å²) in [6.07, 6.45) is 0.0446. The van der Waals surface area contributed by atoms with E-state index >= 15 is 0 Å². The van der Waals surface area contributed by atoms with E-state index in [0.29, 0.717) is 47.4 Å². The topological polar surface area (TPSA) is 76.7 Å². The number of carbonyl (C=O) groups is 2. The van der Waals surface area contributed by atoms with Crippen molar-refractivity contribution >= 4 is 46.6 Å². The molecule has 172 valence electrons. The minimum absolute atomic E-state index is 0.109. The molecule has 9 heteroatoms. The SMILES string of the molecule is CC(C)(C)OC(=O)Nc1cc(NC(=O)C2(c3ccc(Cl)cc3Cl)CCOCC2)ccc1F. The van der Waals surface area contributed by atoms with Crippen LogP contribution in [0.4, 0.5) is 20.6 Å². The van der Waals surface area contributed by atoms with Gasteiger partial charge in [-0.25, -0.2) is 9.18 Å². The predicted molar refractivity (Wildman–Crippen MR) is 123 cm³/mol. The van der Waals surface area contributed by atoms with Crippen molar-refractivity contribution in [3.05, 3.63) is 57.8 Å². The first-order chi connectivity index (χ1) is 15.0. The van der Waals surface area contributed by atoms with Gasteiger partial charge in [-0.1, -0.05) is 29.3 Å². The molecule has 3 rings (SSSR count). The van der Waals surface area contributed by atoms with Gasteiger partial charge in [-0.3, -0.25) is 10.1 Å². The van der Waals surface area contributed by atoms with Gasteiger partial charge in [-0.2, -0.15) is 0 Å². The number of benzene rings is 2. The van der Waals surface area contributed by atoms with Crippen molar-refractivity contribution in [2.45, 2.75) is 44.6 Å². The highest BCUT2D eigenvalue weighted by Gasteiger charge is 2.43. The number of halogens is 3. The van der Waals surface area contributed by atoms with Crippen molar-refractivity contribution in [1.82, 2.24) is 0 Å². The summed E-state index contributed by atoms with van der Waals surface area (Å²) in [5.74, 6) is -0.963. The van der Waals surface area contributed by atoms with Gasteiger partial charge in [0.15, 0.2) is 0 Å². The van der Waals surface area contributed by atoms with E-state index in [-0.39, 0.29) is 11.6 Å². The second kappa shape index (κ2) is 9.65. The smallest absolute Gasteiger partial charge is 0.412 e. The van der Waals surface area contributed by atoms with Crippen molar-refractivity contribution in [2.75, 3.05) is 23.8 Å². The van der Waals surface area contributed by atoms with Crippen LogP contribution in [-0.2, 0) is 19.7 Å². The van der Waals surface area contributed by atoms with Gasteiger partial charge in [-0.05, 0) is 69.5 Å². The molecule has 32 heavy (non-hydrogen) atoms. The number of carbonyl (C=O) groups excluding carboxylic acids is 2. The van der Waals surface area contributed by atoms with Gasteiger partial charge >= 0.3 is 6.09 Å². The van der Waals surface area contributed by atoms with Gasteiger partial charge < -0.3 is 14.8 Å². The summed E-state index contributed by atoms with van der Waals surface area (Å²) in [4.78, 5) is 25.5. The molecule has 0 aliphatic carbocycles.